The Labute approximate surface area is 318 Å². The molecule has 4 heterocycles. The van der Waals surface area contributed by atoms with Gasteiger partial charge in [-0.1, -0.05) is 29.3 Å². The van der Waals surface area contributed by atoms with Crippen LogP contribution in [0.4, 0.5) is 5.69 Å². The summed E-state index contributed by atoms with van der Waals surface area (Å²) in [5.41, 5.74) is 10.2. The van der Waals surface area contributed by atoms with Crippen molar-refractivity contribution in [3.8, 4) is 16.9 Å². The number of carbonyl (C=O) groups is 2. The molecule has 1 aliphatic rings. The monoisotopic (exact) mass is 755 g/mol. The number of aliphatic hydroxyl groups excluding tert-OH is 1. The molecular weight excluding hydrogens is 713 g/mol. The van der Waals surface area contributed by atoms with Crippen LogP contribution >= 0.6 is 23.2 Å². The fourth-order valence-corrected chi connectivity index (χ4v) is 8.43. The van der Waals surface area contributed by atoms with Crippen LogP contribution in [0.1, 0.15) is 74.0 Å². The zero-order valence-corrected chi connectivity index (χ0v) is 32.7. The molecule has 0 radical (unpaired) electrons. The lowest BCUT2D eigenvalue weighted by Gasteiger charge is -2.35. The van der Waals surface area contributed by atoms with Crippen molar-refractivity contribution in [3.63, 3.8) is 0 Å². The molecule has 1 amide bonds. The van der Waals surface area contributed by atoms with Crippen molar-refractivity contribution in [3.05, 3.63) is 97.5 Å². The standard InChI is InChI=1S/C41H43Cl2N5O5/c1-21-14-28(15-22(2)36(21)43)53-13-9-10-29-30-11-12-31(42)35(34-24(4)44-46(7)25(34)5)38(30)48-23(3)19-47(40(50)39(29)48)32-17-26(20-49)16-27-18-33(41(51)52-8)45(6)37(27)32/h11-12,14-18,23,49H,9-10,13,19-20H2,1-8H3/t23-/m1/s1. The molecule has 3 aromatic heterocycles. The second-order valence-corrected chi connectivity index (χ2v) is 14.8. The Morgan fingerprint density at radius 2 is 1.72 bits per heavy atom. The predicted molar refractivity (Wildman–Crippen MR) is 210 cm³/mol. The molecule has 1 atom stereocenters. The number of halogens is 2. The number of aliphatic hydroxyl groups is 1. The first-order valence-electron chi connectivity index (χ1n) is 17.7. The number of aryl methyl sites for hydroxylation is 6. The third kappa shape index (κ3) is 5.97. The molecule has 1 aliphatic heterocycles. The van der Waals surface area contributed by atoms with Crippen molar-refractivity contribution in [2.24, 2.45) is 14.1 Å². The number of methoxy groups -OCH3 is 1. The fraction of sp³-hybridized carbons (Fsp3) is 0.341. The van der Waals surface area contributed by atoms with Gasteiger partial charge < -0.3 is 28.6 Å². The molecule has 6 aromatic rings. The number of esters is 1. The third-order valence-electron chi connectivity index (χ3n) is 10.6. The van der Waals surface area contributed by atoms with Crippen molar-refractivity contribution >= 4 is 62.6 Å². The molecule has 0 fully saturated rings. The van der Waals surface area contributed by atoms with Gasteiger partial charge in [-0.3, -0.25) is 9.48 Å². The summed E-state index contributed by atoms with van der Waals surface area (Å²) in [5, 5.41) is 18.0. The number of hydrogen-bond acceptors (Lipinski definition) is 6. The molecule has 53 heavy (non-hydrogen) atoms. The second-order valence-electron chi connectivity index (χ2n) is 14.1. The molecule has 12 heteroatoms. The largest absolute Gasteiger partial charge is 0.494 e. The van der Waals surface area contributed by atoms with E-state index < -0.39 is 5.97 Å². The van der Waals surface area contributed by atoms with Crippen LogP contribution in [0.15, 0.2) is 42.5 Å². The number of hydrogen-bond donors (Lipinski definition) is 1. The molecule has 276 valence electrons. The lowest BCUT2D eigenvalue weighted by molar-refractivity contribution is 0.0590. The van der Waals surface area contributed by atoms with Crippen molar-refractivity contribution in [2.45, 2.75) is 60.1 Å². The summed E-state index contributed by atoms with van der Waals surface area (Å²) in [4.78, 5) is 29.7. The van der Waals surface area contributed by atoms with E-state index in [0.29, 0.717) is 59.2 Å². The minimum Gasteiger partial charge on any atom is -0.494 e. The van der Waals surface area contributed by atoms with E-state index in [9.17, 15) is 9.90 Å². The SMILES string of the molecule is COC(=O)c1cc2cc(CO)cc(N3C[C@@H](C)n4c(c(CCCOc5cc(C)c(Cl)c(C)c5)c5ccc(Cl)c(-c6c(C)nn(C)c6C)c54)C3=O)c2n1C. The van der Waals surface area contributed by atoms with Crippen LogP contribution in [0.25, 0.3) is 32.9 Å². The van der Waals surface area contributed by atoms with Crippen LogP contribution in [0.5, 0.6) is 5.75 Å². The van der Waals surface area contributed by atoms with Crippen molar-refractivity contribution in [1.29, 1.82) is 0 Å². The average molecular weight is 757 g/mol. The molecule has 10 nitrogen and oxygen atoms in total. The van der Waals surface area contributed by atoms with Crippen LogP contribution in [0.3, 0.4) is 0 Å². The van der Waals surface area contributed by atoms with Gasteiger partial charge in [-0.2, -0.15) is 5.10 Å². The Kier molecular flexibility index (Phi) is 9.59. The van der Waals surface area contributed by atoms with Crippen molar-refractivity contribution in [1.82, 2.24) is 18.9 Å². The molecular formula is C41H43Cl2N5O5. The summed E-state index contributed by atoms with van der Waals surface area (Å²) in [5.74, 6) is 0.0814. The van der Waals surface area contributed by atoms with Gasteiger partial charge >= 0.3 is 5.97 Å². The molecule has 0 spiro atoms. The van der Waals surface area contributed by atoms with Crippen LogP contribution < -0.4 is 9.64 Å². The van der Waals surface area contributed by atoms with Gasteiger partial charge in [-0.25, -0.2) is 4.79 Å². The Hall–Kier alpha value is -4.77. The topological polar surface area (TPSA) is 104 Å². The Morgan fingerprint density at radius 3 is 2.36 bits per heavy atom. The summed E-state index contributed by atoms with van der Waals surface area (Å²) >= 11 is 13.5. The van der Waals surface area contributed by atoms with Crippen molar-refractivity contribution in [2.75, 3.05) is 25.2 Å². The molecule has 0 saturated carbocycles. The molecule has 1 N–H and O–H groups in total. The summed E-state index contributed by atoms with van der Waals surface area (Å²) < 4.78 is 17.1. The highest BCUT2D eigenvalue weighted by Gasteiger charge is 2.38. The van der Waals surface area contributed by atoms with Gasteiger partial charge in [0.2, 0.25) is 0 Å². The van der Waals surface area contributed by atoms with Crippen LogP contribution in [0, 0.1) is 27.7 Å². The number of aromatic nitrogens is 4. The van der Waals surface area contributed by atoms with Gasteiger partial charge in [0.15, 0.2) is 0 Å². The average Bonchev–Trinajstić information content (AvgIpc) is 3.74. The number of carbonyl (C=O) groups excluding carboxylic acids is 2. The van der Waals surface area contributed by atoms with Gasteiger partial charge in [0.25, 0.3) is 5.91 Å². The Bertz CT molecular complexity index is 2450. The van der Waals surface area contributed by atoms with E-state index in [0.717, 1.165) is 66.3 Å². The Morgan fingerprint density at radius 1 is 1.00 bits per heavy atom. The number of rotatable bonds is 9. The highest BCUT2D eigenvalue weighted by atomic mass is 35.5. The summed E-state index contributed by atoms with van der Waals surface area (Å²) in [6.07, 6.45) is 1.20. The molecule has 0 saturated heterocycles. The van der Waals surface area contributed by atoms with Crippen LogP contribution in [0.2, 0.25) is 10.0 Å². The van der Waals surface area contributed by atoms with E-state index >= 15 is 4.79 Å². The minimum atomic E-state index is -0.488. The maximum absolute atomic E-state index is 15.2. The third-order valence-corrected chi connectivity index (χ3v) is 11.5. The fourth-order valence-electron chi connectivity index (χ4n) is 8.08. The summed E-state index contributed by atoms with van der Waals surface area (Å²) in [6.45, 7) is 10.6. The summed E-state index contributed by atoms with van der Waals surface area (Å²) in [7, 11) is 5.05. The van der Waals surface area contributed by atoms with Gasteiger partial charge in [0.05, 0.1) is 47.8 Å². The molecule has 3 aromatic carbocycles. The van der Waals surface area contributed by atoms with E-state index in [2.05, 4.69) is 11.5 Å². The lowest BCUT2D eigenvalue weighted by Crippen LogP contribution is -2.43. The second kappa shape index (κ2) is 13.9. The van der Waals surface area contributed by atoms with Crippen molar-refractivity contribution < 1.29 is 24.2 Å². The number of nitrogens with zero attached hydrogens (tertiary/aromatic N) is 5. The quantitative estimate of drug-likeness (QED) is 0.117. The lowest BCUT2D eigenvalue weighted by atomic mass is 9.98. The zero-order chi connectivity index (χ0) is 38.0. The van der Waals surface area contributed by atoms with Crippen LogP contribution in [-0.2, 0) is 31.9 Å². The first kappa shape index (κ1) is 36.6. The number of benzene rings is 3. The number of anilines is 1. The normalized spacial score (nSPS) is 14.4. The first-order valence-corrected chi connectivity index (χ1v) is 18.4. The van der Waals surface area contributed by atoms with Gasteiger partial charge in [-0.05, 0) is 106 Å². The van der Waals surface area contributed by atoms with E-state index in [4.69, 9.17) is 37.8 Å². The smallest absolute Gasteiger partial charge is 0.354 e. The molecule has 7 rings (SSSR count). The molecule has 0 unspecified atom stereocenters. The van der Waals surface area contributed by atoms with E-state index in [1.165, 1.54) is 7.11 Å². The first-order chi connectivity index (χ1) is 25.3. The summed E-state index contributed by atoms with van der Waals surface area (Å²) in [6, 6.07) is 13.0. The number of ether oxygens (including phenoxy) is 2. The highest BCUT2D eigenvalue weighted by molar-refractivity contribution is 6.35. The Balaban J connectivity index is 1.40. The van der Waals surface area contributed by atoms with Crippen LogP contribution in [-0.4, -0.2) is 56.2 Å². The molecule has 0 aliphatic carbocycles. The van der Waals surface area contributed by atoms with E-state index in [1.807, 2.05) is 75.8 Å². The number of fused-ring (bicyclic) bond motifs is 4. The highest BCUT2D eigenvalue weighted by Crippen LogP contribution is 2.46. The molecule has 0 bridgehead atoms. The zero-order valence-electron chi connectivity index (χ0n) is 31.2. The number of amides is 1. The van der Waals surface area contributed by atoms with E-state index in [-0.39, 0.29) is 18.6 Å². The van der Waals surface area contributed by atoms with E-state index in [1.54, 1.807) is 22.6 Å². The maximum Gasteiger partial charge on any atom is 0.354 e. The maximum atomic E-state index is 15.2. The predicted octanol–water partition coefficient (Wildman–Crippen LogP) is 8.59. The van der Waals surface area contributed by atoms with Gasteiger partial charge in [0, 0.05) is 59.3 Å². The van der Waals surface area contributed by atoms with Gasteiger partial charge in [-0.15, -0.1) is 0 Å². The minimum absolute atomic E-state index is 0.182. The van der Waals surface area contributed by atoms with Gasteiger partial charge in [0.1, 0.15) is 17.1 Å².